The Bertz CT molecular complexity index is 382. The first-order chi connectivity index (χ1) is 8.92. The molecule has 0 atom stereocenters. The summed E-state index contributed by atoms with van der Waals surface area (Å²) < 4.78 is 5.39. The zero-order valence-electron chi connectivity index (χ0n) is 10.9. The molecular formula is C15H22N2O. The van der Waals surface area contributed by atoms with Crippen LogP contribution in [0.25, 0.3) is 0 Å². The van der Waals surface area contributed by atoms with Gasteiger partial charge in [-0.2, -0.15) is 0 Å². The van der Waals surface area contributed by atoms with E-state index in [2.05, 4.69) is 34.5 Å². The van der Waals surface area contributed by atoms with Crippen LogP contribution in [-0.4, -0.2) is 32.3 Å². The van der Waals surface area contributed by atoms with Crippen molar-refractivity contribution in [3.05, 3.63) is 24.3 Å². The largest absolute Gasteiger partial charge is 0.382 e. The molecule has 0 aliphatic carbocycles. The van der Waals surface area contributed by atoms with Crippen molar-refractivity contribution in [1.82, 2.24) is 0 Å². The Morgan fingerprint density at radius 3 is 2.67 bits per heavy atom. The molecule has 98 valence electrons. The molecule has 2 heterocycles. The van der Waals surface area contributed by atoms with Gasteiger partial charge in [-0.25, -0.2) is 0 Å². The predicted octanol–water partition coefficient (Wildman–Crippen LogP) is 2.88. The van der Waals surface area contributed by atoms with Gasteiger partial charge in [0.15, 0.2) is 0 Å². The molecule has 1 N–H and O–H groups in total. The third-order valence-corrected chi connectivity index (χ3v) is 3.91. The predicted molar refractivity (Wildman–Crippen MR) is 75.4 cm³/mol. The highest BCUT2D eigenvalue weighted by atomic mass is 16.5. The van der Waals surface area contributed by atoms with Crippen LogP contribution < -0.4 is 10.2 Å². The van der Waals surface area contributed by atoms with E-state index in [0.29, 0.717) is 6.04 Å². The quantitative estimate of drug-likeness (QED) is 0.887. The number of nitrogens with one attached hydrogen (secondary N) is 1. The summed E-state index contributed by atoms with van der Waals surface area (Å²) in [5.74, 6) is 0. The molecule has 0 amide bonds. The van der Waals surface area contributed by atoms with E-state index in [9.17, 15) is 0 Å². The van der Waals surface area contributed by atoms with Gasteiger partial charge in [0.05, 0.1) is 0 Å². The maximum atomic E-state index is 5.39. The van der Waals surface area contributed by atoms with E-state index in [1.165, 1.54) is 37.3 Å². The van der Waals surface area contributed by atoms with E-state index >= 15 is 0 Å². The summed E-state index contributed by atoms with van der Waals surface area (Å²) in [4.78, 5) is 2.48. The molecule has 2 fully saturated rings. The first-order valence-corrected chi connectivity index (χ1v) is 7.11. The van der Waals surface area contributed by atoms with Gasteiger partial charge < -0.3 is 15.0 Å². The van der Waals surface area contributed by atoms with Crippen LogP contribution in [0.4, 0.5) is 11.4 Å². The van der Waals surface area contributed by atoms with Gasteiger partial charge in [0.25, 0.3) is 0 Å². The van der Waals surface area contributed by atoms with Crippen LogP contribution in [0.2, 0.25) is 0 Å². The molecule has 0 aromatic heterocycles. The number of rotatable bonds is 3. The summed E-state index contributed by atoms with van der Waals surface area (Å²) in [5, 5.41) is 3.64. The number of benzene rings is 1. The van der Waals surface area contributed by atoms with Crippen molar-refractivity contribution in [2.75, 3.05) is 36.5 Å². The van der Waals surface area contributed by atoms with Gasteiger partial charge in [-0.15, -0.1) is 0 Å². The maximum Gasteiger partial charge on any atom is 0.0485 e. The first kappa shape index (κ1) is 11.8. The minimum atomic E-state index is 0.576. The summed E-state index contributed by atoms with van der Waals surface area (Å²) in [7, 11) is 0. The monoisotopic (exact) mass is 246 g/mol. The molecule has 3 nitrogen and oxygen atoms in total. The molecule has 3 rings (SSSR count). The molecule has 0 unspecified atom stereocenters. The van der Waals surface area contributed by atoms with Gasteiger partial charge in [0, 0.05) is 43.7 Å². The van der Waals surface area contributed by atoms with Crippen LogP contribution in [0, 0.1) is 0 Å². The van der Waals surface area contributed by atoms with E-state index in [1.54, 1.807) is 0 Å². The summed E-state index contributed by atoms with van der Waals surface area (Å²) in [6.07, 6.45) is 4.90. The molecule has 2 saturated heterocycles. The Kier molecular flexibility index (Phi) is 3.69. The van der Waals surface area contributed by atoms with Gasteiger partial charge in [-0.05, 0) is 43.9 Å². The van der Waals surface area contributed by atoms with E-state index in [1.807, 2.05) is 0 Å². The standard InChI is InChI=1S/C15H22N2O/c1-2-9-17(8-1)15-5-3-4-14(12-15)16-13-6-10-18-11-7-13/h3-5,12-13,16H,1-2,6-11H2. The summed E-state index contributed by atoms with van der Waals surface area (Å²) >= 11 is 0. The van der Waals surface area contributed by atoms with Crippen molar-refractivity contribution < 1.29 is 4.74 Å². The number of anilines is 2. The molecule has 3 heteroatoms. The van der Waals surface area contributed by atoms with Crippen molar-refractivity contribution in [2.24, 2.45) is 0 Å². The smallest absolute Gasteiger partial charge is 0.0485 e. The number of nitrogens with zero attached hydrogens (tertiary/aromatic N) is 1. The van der Waals surface area contributed by atoms with E-state index < -0.39 is 0 Å². The van der Waals surface area contributed by atoms with Crippen LogP contribution in [-0.2, 0) is 4.74 Å². The summed E-state index contributed by atoms with van der Waals surface area (Å²) in [5.41, 5.74) is 2.62. The SMILES string of the molecule is c1cc(NC2CCOCC2)cc(N2CCCC2)c1. The lowest BCUT2D eigenvalue weighted by Gasteiger charge is -2.25. The number of hydrogen-bond donors (Lipinski definition) is 1. The molecule has 0 radical (unpaired) electrons. The Morgan fingerprint density at radius 1 is 1.11 bits per heavy atom. The minimum Gasteiger partial charge on any atom is -0.382 e. The van der Waals surface area contributed by atoms with Crippen molar-refractivity contribution in [3.63, 3.8) is 0 Å². The third-order valence-electron chi connectivity index (χ3n) is 3.91. The Morgan fingerprint density at radius 2 is 1.89 bits per heavy atom. The van der Waals surface area contributed by atoms with Crippen LogP contribution in [0.3, 0.4) is 0 Å². The van der Waals surface area contributed by atoms with Gasteiger partial charge in [0.1, 0.15) is 0 Å². The third kappa shape index (κ3) is 2.78. The fourth-order valence-corrected chi connectivity index (χ4v) is 2.85. The van der Waals surface area contributed by atoms with E-state index in [-0.39, 0.29) is 0 Å². The first-order valence-electron chi connectivity index (χ1n) is 7.11. The highest BCUT2D eigenvalue weighted by molar-refractivity contribution is 5.58. The highest BCUT2D eigenvalue weighted by Gasteiger charge is 2.15. The Hall–Kier alpha value is -1.22. The van der Waals surface area contributed by atoms with Crippen molar-refractivity contribution in [3.8, 4) is 0 Å². The summed E-state index contributed by atoms with van der Waals surface area (Å²) in [6.45, 7) is 4.20. The molecule has 2 aliphatic heterocycles. The topological polar surface area (TPSA) is 24.5 Å². The van der Waals surface area contributed by atoms with Gasteiger partial charge in [-0.1, -0.05) is 6.07 Å². The van der Waals surface area contributed by atoms with Crippen molar-refractivity contribution >= 4 is 11.4 Å². The zero-order chi connectivity index (χ0) is 12.2. The summed E-state index contributed by atoms with van der Waals surface area (Å²) in [6, 6.07) is 9.43. The maximum absolute atomic E-state index is 5.39. The molecule has 1 aromatic carbocycles. The van der Waals surface area contributed by atoms with Gasteiger partial charge in [-0.3, -0.25) is 0 Å². The molecule has 1 aromatic rings. The van der Waals surface area contributed by atoms with Crippen molar-refractivity contribution in [2.45, 2.75) is 31.7 Å². The van der Waals surface area contributed by atoms with Crippen LogP contribution in [0.5, 0.6) is 0 Å². The molecule has 0 bridgehead atoms. The lowest BCUT2D eigenvalue weighted by Crippen LogP contribution is -2.28. The zero-order valence-corrected chi connectivity index (χ0v) is 10.9. The van der Waals surface area contributed by atoms with Crippen LogP contribution in [0.15, 0.2) is 24.3 Å². The molecule has 0 spiro atoms. The Balaban J connectivity index is 1.66. The lowest BCUT2D eigenvalue weighted by atomic mass is 10.1. The average Bonchev–Trinajstić information content (AvgIpc) is 2.94. The fourth-order valence-electron chi connectivity index (χ4n) is 2.85. The molecule has 2 aliphatic rings. The second-order valence-electron chi connectivity index (χ2n) is 5.28. The number of ether oxygens (including phenoxy) is 1. The minimum absolute atomic E-state index is 0.576. The normalized spacial score (nSPS) is 21.2. The van der Waals surface area contributed by atoms with Gasteiger partial charge in [0.2, 0.25) is 0 Å². The van der Waals surface area contributed by atoms with Crippen LogP contribution >= 0.6 is 0 Å². The highest BCUT2D eigenvalue weighted by Crippen LogP contribution is 2.24. The van der Waals surface area contributed by atoms with Crippen molar-refractivity contribution in [1.29, 1.82) is 0 Å². The van der Waals surface area contributed by atoms with E-state index in [4.69, 9.17) is 4.74 Å². The van der Waals surface area contributed by atoms with Crippen LogP contribution in [0.1, 0.15) is 25.7 Å². The molecule has 18 heavy (non-hydrogen) atoms. The lowest BCUT2D eigenvalue weighted by molar-refractivity contribution is 0.0904. The number of hydrogen-bond acceptors (Lipinski definition) is 3. The second kappa shape index (κ2) is 5.61. The molecule has 0 saturated carbocycles. The Labute approximate surface area is 109 Å². The van der Waals surface area contributed by atoms with E-state index in [0.717, 1.165) is 26.1 Å². The average molecular weight is 246 g/mol. The molecular weight excluding hydrogens is 224 g/mol. The van der Waals surface area contributed by atoms with Gasteiger partial charge >= 0.3 is 0 Å². The second-order valence-corrected chi connectivity index (χ2v) is 5.28. The fraction of sp³-hybridized carbons (Fsp3) is 0.600.